The number of fused-ring (bicyclic) bond motifs is 1. The maximum atomic E-state index is 13.4. The van der Waals surface area contributed by atoms with Crippen molar-refractivity contribution in [1.29, 1.82) is 0 Å². The maximum absolute atomic E-state index is 13.4. The Kier molecular flexibility index (Phi) is 6.63. The van der Waals surface area contributed by atoms with Gasteiger partial charge >= 0.3 is 5.97 Å². The zero-order valence-corrected chi connectivity index (χ0v) is 20.2. The van der Waals surface area contributed by atoms with Crippen LogP contribution in [-0.4, -0.2) is 32.9 Å². The van der Waals surface area contributed by atoms with Gasteiger partial charge in [0.15, 0.2) is 6.61 Å². The topological polar surface area (TPSA) is 92.8 Å². The quantitative estimate of drug-likeness (QED) is 0.502. The number of nitrogens with one attached hydrogen (secondary N) is 1. The third kappa shape index (κ3) is 4.64. The molecule has 1 N–H and O–H groups in total. The Bertz CT molecular complexity index is 1370. The standard InChI is InChI=1S/C25H23ClN2O5S/c1-16-13-18-7-3-4-12-23(18)28(16)34(31,32)20-9-5-8-19(14-20)25(30)33-15-24(29)27-22-11-6-10-21(26)17(22)2/h3-12,14,16H,13,15H2,1-2H3,(H,27,29)/t16-/m1/s1. The minimum Gasteiger partial charge on any atom is -0.452 e. The van der Waals surface area contributed by atoms with Crippen molar-refractivity contribution in [2.75, 3.05) is 16.2 Å². The van der Waals surface area contributed by atoms with Crippen LogP contribution in [0.1, 0.15) is 28.4 Å². The number of sulfonamides is 1. The van der Waals surface area contributed by atoms with Gasteiger partial charge in [-0.1, -0.05) is 41.9 Å². The van der Waals surface area contributed by atoms with E-state index in [1.807, 2.05) is 19.1 Å². The molecule has 0 fully saturated rings. The minimum absolute atomic E-state index is 0.0236. The molecule has 0 aromatic heterocycles. The number of rotatable bonds is 6. The maximum Gasteiger partial charge on any atom is 0.338 e. The lowest BCUT2D eigenvalue weighted by Crippen LogP contribution is -2.35. The van der Waals surface area contributed by atoms with Crippen LogP contribution in [0.3, 0.4) is 0 Å². The molecular formula is C25H23ClN2O5S. The number of benzene rings is 3. The van der Waals surface area contributed by atoms with Gasteiger partial charge in [0.25, 0.3) is 15.9 Å². The largest absolute Gasteiger partial charge is 0.452 e. The Balaban J connectivity index is 1.47. The zero-order chi connectivity index (χ0) is 24.5. The number of anilines is 2. The van der Waals surface area contributed by atoms with Crippen molar-refractivity contribution in [1.82, 2.24) is 0 Å². The number of para-hydroxylation sites is 1. The number of ether oxygens (including phenoxy) is 1. The summed E-state index contributed by atoms with van der Waals surface area (Å²) in [5, 5.41) is 3.14. The van der Waals surface area contributed by atoms with E-state index in [1.165, 1.54) is 28.6 Å². The molecule has 0 saturated heterocycles. The third-order valence-corrected chi connectivity index (χ3v) is 7.98. The molecule has 1 aliphatic rings. The van der Waals surface area contributed by atoms with Crippen LogP contribution in [0.25, 0.3) is 0 Å². The molecule has 0 radical (unpaired) electrons. The highest BCUT2D eigenvalue weighted by Gasteiger charge is 2.36. The summed E-state index contributed by atoms with van der Waals surface area (Å²) in [5.41, 5.74) is 2.83. The predicted octanol–water partition coefficient (Wildman–Crippen LogP) is 4.58. The Labute approximate surface area is 203 Å². The molecule has 3 aromatic rings. The number of carbonyl (C=O) groups excluding carboxylic acids is 2. The summed E-state index contributed by atoms with van der Waals surface area (Å²) in [7, 11) is -3.90. The number of hydrogen-bond donors (Lipinski definition) is 1. The van der Waals surface area contributed by atoms with E-state index in [4.69, 9.17) is 16.3 Å². The van der Waals surface area contributed by atoms with Crippen LogP contribution in [0.2, 0.25) is 5.02 Å². The number of hydrogen-bond acceptors (Lipinski definition) is 5. The van der Waals surface area contributed by atoms with Crippen LogP contribution >= 0.6 is 11.6 Å². The second-order valence-electron chi connectivity index (χ2n) is 8.05. The van der Waals surface area contributed by atoms with Crippen molar-refractivity contribution < 1.29 is 22.7 Å². The Morgan fingerprint density at radius 3 is 2.62 bits per heavy atom. The minimum atomic E-state index is -3.90. The van der Waals surface area contributed by atoms with Gasteiger partial charge in [-0.2, -0.15) is 0 Å². The van der Waals surface area contributed by atoms with E-state index in [-0.39, 0.29) is 16.5 Å². The SMILES string of the molecule is Cc1c(Cl)cccc1NC(=O)COC(=O)c1cccc(S(=O)(=O)N2c3ccccc3C[C@H]2C)c1. The summed E-state index contributed by atoms with van der Waals surface area (Å²) in [5.74, 6) is -1.34. The van der Waals surface area contributed by atoms with E-state index in [1.54, 1.807) is 37.3 Å². The number of carbonyl (C=O) groups is 2. The molecule has 0 saturated carbocycles. The molecule has 1 atom stereocenters. The van der Waals surface area contributed by atoms with E-state index >= 15 is 0 Å². The number of halogens is 1. The van der Waals surface area contributed by atoms with Crippen LogP contribution in [0, 0.1) is 6.92 Å². The number of amides is 1. The van der Waals surface area contributed by atoms with E-state index < -0.39 is 28.5 Å². The summed E-state index contributed by atoms with van der Waals surface area (Å²) in [6.45, 7) is 3.07. The van der Waals surface area contributed by atoms with E-state index in [0.29, 0.717) is 28.4 Å². The second kappa shape index (κ2) is 9.48. The van der Waals surface area contributed by atoms with Gasteiger partial charge in [-0.25, -0.2) is 13.2 Å². The fourth-order valence-electron chi connectivity index (χ4n) is 3.94. The van der Waals surface area contributed by atoms with Crippen LogP contribution in [0.4, 0.5) is 11.4 Å². The van der Waals surface area contributed by atoms with Gasteiger partial charge < -0.3 is 10.1 Å². The first-order valence-corrected chi connectivity index (χ1v) is 12.4. The van der Waals surface area contributed by atoms with Gasteiger partial charge in [-0.15, -0.1) is 0 Å². The molecule has 0 bridgehead atoms. The van der Waals surface area contributed by atoms with Crippen molar-refractivity contribution in [3.8, 4) is 0 Å². The van der Waals surface area contributed by atoms with Crippen LogP contribution in [0.15, 0.2) is 71.6 Å². The van der Waals surface area contributed by atoms with Crippen molar-refractivity contribution in [3.63, 3.8) is 0 Å². The van der Waals surface area contributed by atoms with Crippen molar-refractivity contribution >= 4 is 44.9 Å². The molecule has 0 spiro atoms. The molecule has 1 aliphatic heterocycles. The van der Waals surface area contributed by atoms with Gasteiger partial charge in [0.1, 0.15) is 0 Å². The van der Waals surface area contributed by atoms with Crippen LogP contribution in [-0.2, 0) is 26.0 Å². The van der Waals surface area contributed by atoms with Gasteiger partial charge in [-0.05, 0) is 67.8 Å². The molecule has 0 unspecified atom stereocenters. The highest BCUT2D eigenvalue weighted by atomic mass is 35.5. The molecule has 1 heterocycles. The first-order valence-electron chi connectivity index (χ1n) is 10.6. The summed E-state index contributed by atoms with van der Waals surface area (Å²) >= 11 is 6.05. The fraction of sp³-hybridized carbons (Fsp3) is 0.200. The Morgan fingerprint density at radius 1 is 1.09 bits per heavy atom. The Morgan fingerprint density at radius 2 is 1.82 bits per heavy atom. The van der Waals surface area contributed by atoms with Crippen molar-refractivity contribution in [2.24, 2.45) is 0 Å². The third-order valence-electron chi connectivity index (χ3n) is 5.65. The molecule has 7 nitrogen and oxygen atoms in total. The molecule has 4 rings (SSSR count). The molecule has 34 heavy (non-hydrogen) atoms. The van der Waals surface area contributed by atoms with Gasteiger partial charge in [0.2, 0.25) is 0 Å². The van der Waals surface area contributed by atoms with E-state index in [0.717, 1.165) is 5.56 Å². The van der Waals surface area contributed by atoms with Gasteiger partial charge in [0.05, 0.1) is 16.1 Å². The van der Waals surface area contributed by atoms with Crippen LogP contribution in [0.5, 0.6) is 0 Å². The van der Waals surface area contributed by atoms with Crippen molar-refractivity contribution in [3.05, 3.63) is 88.4 Å². The first-order chi connectivity index (χ1) is 16.2. The van der Waals surface area contributed by atoms with Gasteiger partial charge in [0, 0.05) is 16.8 Å². The molecule has 9 heteroatoms. The number of esters is 1. The number of nitrogens with zero attached hydrogens (tertiary/aromatic N) is 1. The lowest BCUT2D eigenvalue weighted by atomic mass is 10.1. The smallest absolute Gasteiger partial charge is 0.338 e. The second-order valence-corrected chi connectivity index (χ2v) is 10.3. The summed E-state index contributed by atoms with van der Waals surface area (Å²) in [4.78, 5) is 24.8. The lowest BCUT2D eigenvalue weighted by molar-refractivity contribution is -0.119. The highest BCUT2D eigenvalue weighted by molar-refractivity contribution is 7.92. The summed E-state index contributed by atoms with van der Waals surface area (Å²) in [6, 6.07) is 17.8. The predicted molar refractivity (Wildman–Crippen MR) is 131 cm³/mol. The lowest BCUT2D eigenvalue weighted by Gasteiger charge is -2.24. The monoisotopic (exact) mass is 498 g/mol. The molecule has 176 valence electrons. The average Bonchev–Trinajstić information content (AvgIpc) is 3.17. The molecule has 1 amide bonds. The first kappa shape index (κ1) is 23.8. The highest BCUT2D eigenvalue weighted by Crippen LogP contribution is 2.36. The van der Waals surface area contributed by atoms with Crippen LogP contribution < -0.4 is 9.62 Å². The van der Waals surface area contributed by atoms with E-state index in [2.05, 4.69) is 5.32 Å². The fourth-order valence-corrected chi connectivity index (χ4v) is 5.86. The molecule has 0 aliphatic carbocycles. The zero-order valence-electron chi connectivity index (χ0n) is 18.6. The average molecular weight is 499 g/mol. The van der Waals surface area contributed by atoms with Gasteiger partial charge in [-0.3, -0.25) is 9.10 Å². The summed E-state index contributed by atoms with van der Waals surface area (Å²) < 4.78 is 33.3. The molecule has 3 aromatic carbocycles. The Hall–Kier alpha value is -3.36. The van der Waals surface area contributed by atoms with Crippen molar-refractivity contribution in [2.45, 2.75) is 31.2 Å². The summed E-state index contributed by atoms with van der Waals surface area (Å²) in [6.07, 6.45) is 0.609. The van der Waals surface area contributed by atoms with E-state index in [9.17, 15) is 18.0 Å². The molecular weight excluding hydrogens is 476 g/mol. The normalized spacial score (nSPS) is 15.0.